The maximum absolute atomic E-state index is 12.0. The van der Waals surface area contributed by atoms with E-state index in [9.17, 15) is 9.59 Å². The summed E-state index contributed by atoms with van der Waals surface area (Å²) in [5, 5.41) is 14.5. The van der Waals surface area contributed by atoms with Crippen molar-refractivity contribution in [1.82, 2.24) is 25.5 Å². The highest BCUT2D eigenvalue weighted by molar-refractivity contribution is 6.30. The van der Waals surface area contributed by atoms with Crippen molar-refractivity contribution in [2.45, 2.75) is 25.5 Å². The summed E-state index contributed by atoms with van der Waals surface area (Å²) in [6.45, 7) is 0.0756. The summed E-state index contributed by atoms with van der Waals surface area (Å²) >= 11 is 5.92. The van der Waals surface area contributed by atoms with E-state index < -0.39 is 18.0 Å². The molecule has 10 nitrogen and oxygen atoms in total. The molecule has 5 N–H and O–H groups in total. The lowest BCUT2D eigenvalue weighted by molar-refractivity contribution is -0.120. The summed E-state index contributed by atoms with van der Waals surface area (Å²) in [4.78, 5) is 23.8. The molecule has 0 fully saturated rings. The number of aryl methyl sites for hydroxylation is 1. The number of nitrogens with two attached hydrogens (primary N) is 2. The second-order valence-corrected chi connectivity index (χ2v) is 6.85. The Morgan fingerprint density at radius 2 is 1.97 bits per heavy atom. The minimum absolute atomic E-state index is 0.0756. The van der Waals surface area contributed by atoms with E-state index in [0.29, 0.717) is 22.2 Å². The molecule has 0 unspecified atom stereocenters. The monoisotopic (exact) mass is 429 g/mol. The number of rotatable bonds is 8. The maximum Gasteiger partial charge on any atom is 0.408 e. The smallest absolute Gasteiger partial charge is 0.408 e. The molecule has 0 spiro atoms. The third-order valence-corrected chi connectivity index (χ3v) is 4.49. The minimum atomic E-state index is -0.957. The Kier molecular flexibility index (Phi) is 6.81. The molecule has 0 radical (unpaired) electrons. The Labute approximate surface area is 177 Å². The van der Waals surface area contributed by atoms with Crippen molar-refractivity contribution in [1.29, 1.82) is 0 Å². The number of nitrogens with one attached hydrogen (secondary N) is 1. The minimum Gasteiger partial charge on any atom is -0.445 e. The third kappa shape index (κ3) is 5.45. The Bertz CT molecular complexity index is 1030. The SMILES string of the molecule is NC(=O)[C@H](CCc1nnnn1-c1ccc(Cl)cc1N)NC(=O)OCc1ccccc1. The molecular weight excluding hydrogens is 410 g/mol. The first-order valence-corrected chi connectivity index (χ1v) is 9.41. The Balaban J connectivity index is 1.61. The molecule has 1 atom stereocenters. The predicted molar refractivity (Wildman–Crippen MR) is 110 cm³/mol. The van der Waals surface area contributed by atoms with Gasteiger partial charge < -0.3 is 21.5 Å². The van der Waals surface area contributed by atoms with Gasteiger partial charge in [-0.15, -0.1) is 5.10 Å². The number of ether oxygens (including phenoxy) is 1. The van der Waals surface area contributed by atoms with Crippen LogP contribution in [0.15, 0.2) is 48.5 Å². The fourth-order valence-electron chi connectivity index (χ4n) is 2.73. The van der Waals surface area contributed by atoms with Crippen LogP contribution in [0.3, 0.4) is 0 Å². The summed E-state index contributed by atoms with van der Waals surface area (Å²) in [5.41, 5.74) is 13.2. The molecule has 30 heavy (non-hydrogen) atoms. The number of anilines is 1. The van der Waals surface area contributed by atoms with Crippen LogP contribution in [-0.4, -0.2) is 38.2 Å². The molecule has 2 aromatic carbocycles. The normalized spacial score (nSPS) is 11.6. The highest BCUT2D eigenvalue weighted by atomic mass is 35.5. The number of amides is 2. The number of hydrogen-bond donors (Lipinski definition) is 3. The topological polar surface area (TPSA) is 151 Å². The van der Waals surface area contributed by atoms with Crippen LogP contribution in [0.25, 0.3) is 5.69 Å². The van der Waals surface area contributed by atoms with Crippen molar-refractivity contribution in [3.8, 4) is 5.69 Å². The average molecular weight is 430 g/mol. The van der Waals surface area contributed by atoms with E-state index in [1.807, 2.05) is 30.3 Å². The van der Waals surface area contributed by atoms with Gasteiger partial charge in [-0.2, -0.15) is 4.68 Å². The molecule has 0 aliphatic heterocycles. The van der Waals surface area contributed by atoms with Gasteiger partial charge in [-0.3, -0.25) is 4.79 Å². The van der Waals surface area contributed by atoms with Gasteiger partial charge in [0.15, 0.2) is 5.82 Å². The van der Waals surface area contributed by atoms with E-state index in [4.69, 9.17) is 27.8 Å². The van der Waals surface area contributed by atoms with Gasteiger partial charge in [0.2, 0.25) is 5.91 Å². The van der Waals surface area contributed by atoms with Gasteiger partial charge in [-0.05, 0) is 40.6 Å². The van der Waals surface area contributed by atoms with Crippen molar-refractivity contribution >= 4 is 29.3 Å². The zero-order valence-electron chi connectivity index (χ0n) is 15.9. The predicted octanol–water partition coefficient (Wildman–Crippen LogP) is 1.61. The van der Waals surface area contributed by atoms with Crippen LogP contribution in [0.2, 0.25) is 5.02 Å². The molecule has 0 aliphatic rings. The highest BCUT2D eigenvalue weighted by Gasteiger charge is 2.21. The van der Waals surface area contributed by atoms with Crippen LogP contribution in [0.4, 0.5) is 10.5 Å². The van der Waals surface area contributed by atoms with Crippen LogP contribution in [0.1, 0.15) is 17.8 Å². The number of nitrogens with zero attached hydrogens (tertiary/aromatic N) is 4. The Morgan fingerprint density at radius 3 is 2.67 bits per heavy atom. The number of alkyl carbamates (subject to hydrolysis) is 1. The Hall–Kier alpha value is -3.66. The summed E-state index contributed by atoms with van der Waals surface area (Å²) in [6, 6.07) is 13.1. The standard InChI is InChI=1S/C19H20ClN7O3/c20-13-6-8-16(14(21)10-13)27-17(24-25-26-27)9-7-15(18(22)28)23-19(29)30-11-12-4-2-1-3-5-12/h1-6,8,10,15H,7,9,11,21H2,(H2,22,28)(H,23,29)/t15-/m0/s1. The molecular formula is C19H20ClN7O3. The second kappa shape index (κ2) is 9.70. The number of tetrazole rings is 1. The van der Waals surface area contributed by atoms with E-state index in [1.165, 1.54) is 4.68 Å². The van der Waals surface area contributed by atoms with Gasteiger partial charge in [0.25, 0.3) is 0 Å². The molecule has 156 valence electrons. The lowest BCUT2D eigenvalue weighted by atomic mass is 10.1. The molecule has 0 bridgehead atoms. The number of primary amides is 1. The average Bonchev–Trinajstić information content (AvgIpc) is 3.18. The van der Waals surface area contributed by atoms with Crippen LogP contribution in [-0.2, 0) is 22.6 Å². The van der Waals surface area contributed by atoms with E-state index in [0.717, 1.165) is 5.56 Å². The molecule has 3 aromatic rings. The number of nitrogen functional groups attached to an aromatic ring is 1. The molecule has 0 saturated heterocycles. The molecule has 3 rings (SSSR count). The second-order valence-electron chi connectivity index (χ2n) is 6.41. The lowest BCUT2D eigenvalue weighted by Crippen LogP contribution is -2.45. The van der Waals surface area contributed by atoms with Crippen molar-refractivity contribution < 1.29 is 14.3 Å². The van der Waals surface area contributed by atoms with E-state index in [2.05, 4.69) is 20.8 Å². The van der Waals surface area contributed by atoms with Gasteiger partial charge >= 0.3 is 6.09 Å². The molecule has 11 heteroatoms. The number of halogens is 1. The number of hydrogen-bond acceptors (Lipinski definition) is 7. The summed E-state index contributed by atoms with van der Waals surface area (Å²) in [7, 11) is 0. The third-order valence-electron chi connectivity index (χ3n) is 4.26. The molecule has 0 aliphatic carbocycles. The first-order valence-electron chi connectivity index (χ1n) is 9.03. The number of aromatic nitrogens is 4. The number of benzene rings is 2. The maximum atomic E-state index is 12.0. The van der Waals surface area contributed by atoms with Gasteiger partial charge in [-0.25, -0.2) is 4.79 Å². The fourth-order valence-corrected chi connectivity index (χ4v) is 2.91. The van der Waals surface area contributed by atoms with Gasteiger partial charge in [0, 0.05) is 11.4 Å². The fraction of sp³-hybridized carbons (Fsp3) is 0.211. The summed E-state index contributed by atoms with van der Waals surface area (Å²) in [5.74, 6) is -0.258. The molecule has 2 amide bonds. The van der Waals surface area contributed by atoms with Crippen molar-refractivity contribution in [3.05, 3.63) is 64.9 Å². The van der Waals surface area contributed by atoms with Gasteiger partial charge in [0.1, 0.15) is 12.6 Å². The number of carbonyl (C=O) groups excluding carboxylic acids is 2. The van der Waals surface area contributed by atoms with Crippen LogP contribution in [0.5, 0.6) is 0 Å². The molecule has 1 heterocycles. The van der Waals surface area contributed by atoms with E-state index in [1.54, 1.807) is 18.2 Å². The first kappa shape index (κ1) is 21.1. The van der Waals surface area contributed by atoms with Crippen molar-refractivity contribution in [3.63, 3.8) is 0 Å². The first-order chi connectivity index (χ1) is 14.4. The largest absolute Gasteiger partial charge is 0.445 e. The Morgan fingerprint density at radius 1 is 1.20 bits per heavy atom. The van der Waals surface area contributed by atoms with E-state index in [-0.39, 0.29) is 19.4 Å². The lowest BCUT2D eigenvalue weighted by Gasteiger charge is -2.15. The quantitative estimate of drug-likeness (QED) is 0.460. The molecule has 0 saturated carbocycles. The number of carbonyl (C=O) groups is 2. The van der Waals surface area contributed by atoms with Crippen molar-refractivity contribution in [2.75, 3.05) is 5.73 Å². The van der Waals surface area contributed by atoms with Crippen LogP contribution in [0, 0.1) is 0 Å². The molecule has 1 aromatic heterocycles. The van der Waals surface area contributed by atoms with Crippen LogP contribution < -0.4 is 16.8 Å². The zero-order chi connectivity index (χ0) is 21.5. The van der Waals surface area contributed by atoms with E-state index >= 15 is 0 Å². The van der Waals surface area contributed by atoms with Gasteiger partial charge in [-0.1, -0.05) is 41.9 Å². The summed E-state index contributed by atoms with van der Waals surface area (Å²) in [6.07, 6.45) is -0.324. The van der Waals surface area contributed by atoms with Gasteiger partial charge in [0.05, 0.1) is 11.4 Å². The summed E-state index contributed by atoms with van der Waals surface area (Å²) < 4.78 is 6.58. The zero-order valence-corrected chi connectivity index (χ0v) is 16.6. The van der Waals surface area contributed by atoms with Crippen molar-refractivity contribution in [2.24, 2.45) is 5.73 Å². The highest BCUT2D eigenvalue weighted by Crippen LogP contribution is 2.22. The van der Waals surface area contributed by atoms with Crippen LogP contribution >= 0.6 is 11.6 Å².